The third kappa shape index (κ3) is 5.39. The molecule has 0 saturated carbocycles. The van der Waals surface area contributed by atoms with Crippen molar-refractivity contribution in [1.82, 2.24) is 19.6 Å². The summed E-state index contributed by atoms with van der Waals surface area (Å²) >= 11 is 0. The summed E-state index contributed by atoms with van der Waals surface area (Å²) < 4.78 is 34.7. The fourth-order valence-corrected chi connectivity index (χ4v) is 2.85. The Bertz CT molecular complexity index is 1300. The molecule has 0 aliphatic carbocycles. The van der Waals surface area contributed by atoms with Crippen molar-refractivity contribution in [3.05, 3.63) is 90.0 Å². The van der Waals surface area contributed by atoms with Crippen LogP contribution in [0.3, 0.4) is 0 Å². The molecule has 0 bridgehead atoms. The van der Waals surface area contributed by atoms with E-state index >= 15 is 0 Å². The van der Waals surface area contributed by atoms with Gasteiger partial charge in [-0.25, -0.2) is 13.5 Å². The van der Waals surface area contributed by atoms with E-state index in [0.717, 1.165) is 6.07 Å². The van der Waals surface area contributed by atoms with E-state index in [1.165, 1.54) is 27.7 Å². The first-order valence-corrected chi connectivity index (χ1v) is 9.71. The number of carbonyl (C=O) groups is 2. The van der Waals surface area contributed by atoms with Gasteiger partial charge in [0.15, 0.2) is 29.7 Å². The Morgan fingerprint density at radius 3 is 2.06 bits per heavy atom. The zero-order chi connectivity index (χ0) is 23.4. The number of ether oxygens (including phenoxy) is 1. The van der Waals surface area contributed by atoms with E-state index in [4.69, 9.17) is 4.74 Å². The smallest absolute Gasteiger partial charge is 0.276 e. The van der Waals surface area contributed by atoms with Crippen molar-refractivity contribution in [2.24, 2.45) is 7.05 Å². The molecule has 0 spiro atoms. The van der Waals surface area contributed by atoms with Crippen LogP contribution in [0.1, 0.15) is 21.0 Å². The standard InChI is InChI=1S/C22H18F2N6O3/c1-29-10-8-18(27-29)21(31)25-15-3-5-16(6-4-15)26-22(32)19-9-11-30(28-19)13-33-20-7-2-14(23)12-17(20)24/h2-12H,13H2,1H3,(H,25,31)(H,26,32). The Morgan fingerprint density at radius 2 is 1.48 bits per heavy atom. The number of rotatable bonds is 7. The highest BCUT2D eigenvalue weighted by Crippen LogP contribution is 2.18. The number of nitrogens with zero attached hydrogens (tertiary/aromatic N) is 4. The number of amides is 2. The molecule has 11 heteroatoms. The predicted molar refractivity (Wildman–Crippen MR) is 115 cm³/mol. The summed E-state index contributed by atoms with van der Waals surface area (Å²) in [5.74, 6) is -2.48. The number of aromatic nitrogens is 4. The molecule has 33 heavy (non-hydrogen) atoms. The molecule has 0 saturated heterocycles. The lowest BCUT2D eigenvalue weighted by molar-refractivity contribution is 0.101. The number of hydrogen-bond acceptors (Lipinski definition) is 5. The molecular weight excluding hydrogens is 434 g/mol. The van der Waals surface area contributed by atoms with Crippen molar-refractivity contribution in [2.75, 3.05) is 10.6 Å². The molecular formula is C22H18F2N6O3. The molecule has 0 aliphatic heterocycles. The quantitative estimate of drug-likeness (QED) is 0.447. The highest BCUT2D eigenvalue weighted by atomic mass is 19.1. The second-order valence-electron chi connectivity index (χ2n) is 6.95. The highest BCUT2D eigenvalue weighted by Gasteiger charge is 2.12. The molecule has 4 aromatic rings. The molecule has 2 heterocycles. The Balaban J connectivity index is 1.32. The maximum Gasteiger partial charge on any atom is 0.276 e. The molecule has 2 aromatic heterocycles. The van der Waals surface area contributed by atoms with Crippen LogP contribution >= 0.6 is 0 Å². The van der Waals surface area contributed by atoms with Crippen LogP contribution in [-0.4, -0.2) is 31.4 Å². The van der Waals surface area contributed by atoms with Gasteiger partial charge in [-0.3, -0.25) is 14.3 Å². The first-order valence-electron chi connectivity index (χ1n) is 9.71. The van der Waals surface area contributed by atoms with Gasteiger partial charge in [-0.1, -0.05) is 0 Å². The molecule has 9 nitrogen and oxygen atoms in total. The molecule has 0 aliphatic rings. The van der Waals surface area contributed by atoms with Crippen molar-refractivity contribution in [2.45, 2.75) is 6.73 Å². The number of halogens is 2. The second kappa shape index (κ2) is 9.30. The van der Waals surface area contributed by atoms with Gasteiger partial charge >= 0.3 is 0 Å². The number of nitrogens with one attached hydrogen (secondary N) is 2. The van der Waals surface area contributed by atoms with Crippen LogP contribution in [0.5, 0.6) is 5.75 Å². The van der Waals surface area contributed by atoms with Gasteiger partial charge < -0.3 is 15.4 Å². The minimum atomic E-state index is -0.834. The van der Waals surface area contributed by atoms with Gasteiger partial charge in [0.1, 0.15) is 5.82 Å². The Hall–Kier alpha value is -4.54. The fraction of sp³-hybridized carbons (Fsp3) is 0.0909. The Kier molecular flexibility index (Phi) is 6.11. The fourth-order valence-electron chi connectivity index (χ4n) is 2.85. The van der Waals surface area contributed by atoms with Gasteiger partial charge in [0, 0.05) is 36.9 Å². The Morgan fingerprint density at radius 1 is 0.879 bits per heavy atom. The largest absolute Gasteiger partial charge is 0.468 e. The van der Waals surface area contributed by atoms with Crippen LogP contribution in [0.25, 0.3) is 0 Å². The summed E-state index contributed by atoms with van der Waals surface area (Å²) in [7, 11) is 1.72. The van der Waals surface area contributed by atoms with Crippen molar-refractivity contribution in [1.29, 1.82) is 0 Å². The Labute approximate surface area is 186 Å². The van der Waals surface area contributed by atoms with Crippen LogP contribution < -0.4 is 15.4 Å². The van der Waals surface area contributed by atoms with E-state index in [1.807, 2.05) is 0 Å². The summed E-state index contributed by atoms with van der Waals surface area (Å²) in [6.45, 7) is -0.166. The molecule has 0 radical (unpaired) electrons. The minimum Gasteiger partial charge on any atom is -0.468 e. The molecule has 0 fully saturated rings. The number of hydrogen-bond donors (Lipinski definition) is 2. The lowest BCUT2D eigenvalue weighted by Gasteiger charge is -2.07. The van der Waals surface area contributed by atoms with E-state index in [0.29, 0.717) is 17.4 Å². The molecule has 0 atom stereocenters. The van der Waals surface area contributed by atoms with Gasteiger partial charge in [0.2, 0.25) is 0 Å². The van der Waals surface area contributed by atoms with Crippen LogP contribution in [0.15, 0.2) is 67.0 Å². The molecule has 0 unspecified atom stereocenters. The van der Waals surface area contributed by atoms with Crippen LogP contribution in [0.2, 0.25) is 0 Å². The molecule has 2 N–H and O–H groups in total. The SMILES string of the molecule is Cn1ccc(C(=O)Nc2ccc(NC(=O)c3ccn(COc4ccc(F)cc4F)n3)cc2)n1. The van der Waals surface area contributed by atoms with Gasteiger partial charge in [0.05, 0.1) is 0 Å². The van der Waals surface area contributed by atoms with Crippen molar-refractivity contribution >= 4 is 23.2 Å². The van der Waals surface area contributed by atoms with Gasteiger partial charge in [-0.2, -0.15) is 10.2 Å². The van der Waals surface area contributed by atoms with Gasteiger partial charge in [0.25, 0.3) is 11.8 Å². The summed E-state index contributed by atoms with van der Waals surface area (Å²) in [6, 6.07) is 12.6. The third-order valence-corrected chi connectivity index (χ3v) is 4.47. The van der Waals surface area contributed by atoms with E-state index in [2.05, 4.69) is 20.8 Å². The first-order chi connectivity index (χ1) is 15.9. The zero-order valence-corrected chi connectivity index (χ0v) is 17.3. The lowest BCUT2D eigenvalue weighted by atomic mass is 10.2. The third-order valence-electron chi connectivity index (χ3n) is 4.47. The minimum absolute atomic E-state index is 0.116. The predicted octanol–water partition coefficient (Wildman–Crippen LogP) is 3.44. The van der Waals surface area contributed by atoms with Crippen molar-refractivity contribution in [3.63, 3.8) is 0 Å². The van der Waals surface area contributed by atoms with E-state index in [-0.39, 0.29) is 29.8 Å². The normalized spacial score (nSPS) is 10.6. The van der Waals surface area contributed by atoms with E-state index in [1.54, 1.807) is 43.6 Å². The number of benzene rings is 2. The summed E-state index contributed by atoms with van der Waals surface area (Å²) in [5.41, 5.74) is 1.44. The second-order valence-corrected chi connectivity index (χ2v) is 6.95. The monoisotopic (exact) mass is 452 g/mol. The first kappa shape index (κ1) is 21.7. The van der Waals surface area contributed by atoms with Gasteiger partial charge in [-0.15, -0.1) is 0 Å². The van der Waals surface area contributed by atoms with Crippen LogP contribution in [0, 0.1) is 11.6 Å². The summed E-state index contributed by atoms with van der Waals surface area (Å²) in [4.78, 5) is 24.6. The molecule has 2 aromatic carbocycles. The van der Waals surface area contributed by atoms with Crippen molar-refractivity contribution in [3.8, 4) is 5.75 Å². The topological polar surface area (TPSA) is 103 Å². The number of carbonyl (C=O) groups excluding carboxylic acids is 2. The van der Waals surface area contributed by atoms with E-state index in [9.17, 15) is 18.4 Å². The summed E-state index contributed by atoms with van der Waals surface area (Å²) in [6.07, 6.45) is 3.16. The summed E-state index contributed by atoms with van der Waals surface area (Å²) in [5, 5.41) is 13.5. The average molecular weight is 452 g/mol. The van der Waals surface area contributed by atoms with Crippen LogP contribution in [-0.2, 0) is 13.8 Å². The molecule has 2 amide bonds. The number of anilines is 2. The molecule has 168 valence electrons. The number of aryl methyl sites for hydroxylation is 1. The van der Waals surface area contributed by atoms with E-state index < -0.39 is 17.5 Å². The lowest BCUT2D eigenvalue weighted by Crippen LogP contribution is -2.15. The van der Waals surface area contributed by atoms with Crippen LogP contribution in [0.4, 0.5) is 20.2 Å². The molecule has 4 rings (SSSR count). The maximum absolute atomic E-state index is 13.6. The maximum atomic E-state index is 13.6. The highest BCUT2D eigenvalue weighted by molar-refractivity contribution is 6.04. The van der Waals surface area contributed by atoms with Gasteiger partial charge in [-0.05, 0) is 48.5 Å². The average Bonchev–Trinajstić information content (AvgIpc) is 3.44. The zero-order valence-electron chi connectivity index (χ0n) is 17.3. The van der Waals surface area contributed by atoms with Crippen molar-refractivity contribution < 1.29 is 23.1 Å².